The second-order valence-electron chi connectivity index (χ2n) is 8.89. The summed E-state index contributed by atoms with van der Waals surface area (Å²) in [6.07, 6.45) is 1.62. The van der Waals surface area contributed by atoms with E-state index in [1.165, 1.54) is 0 Å². The summed E-state index contributed by atoms with van der Waals surface area (Å²) in [6.45, 7) is 7.51. The molecule has 0 unspecified atom stereocenters. The van der Waals surface area contributed by atoms with Gasteiger partial charge in [0.15, 0.2) is 0 Å². The fraction of sp³-hybridized carbons (Fsp3) is 0.370. The van der Waals surface area contributed by atoms with Crippen LogP contribution >= 0.6 is 0 Å². The number of aromatic nitrogens is 1. The number of hydrogen-bond acceptors (Lipinski definition) is 3. The normalized spacial score (nSPS) is 14.5. The maximum absolute atomic E-state index is 13.3. The lowest BCUT2D eigenvalue weighted by atomic mass is 9.87. The lowest BCUT2D eigenvalue weighted by Crippen LogP contribution is -2.36. The van der Waals surface area contributed by atoms with Crippen LogP contribution in [0.4, 0.5) is 5.69 Å². The molecule has 0 atom stereocenters. The Morgan fingerprint density at radius 1 is 1.03 bits per heavy atom. The van der Waals surface area contributed by atoms with Crippen LogP contribution in [0.25, 0.3) is 10.9 Å². The molecule has 2 amide bonds. The number of aryl methyl sites for hydroxylation is 2. The van der Waals surface area contributed by atoms with Gasteiger partial charge in [-0.3, -0.25) is 14.4 Å². The van der Waals surface area contributed by atoms with E-state index in [0.717, 1.165) is 40.6 Å². The van der Waals surface area contributed by atoms with Crippen molar-refractivity contribution in [3.8, 4) is 0 Å². The summed E-state index contributed by atoms with van der Waals surface area (Å²) in [4.78, 5) is 41.4. The second-order valence-corrected chi connectivity index (χ2v) is 8.89. The number of likely N-dealkylation sites (tertiary alicyclic amines) is 1. The van der Waals surface area contributed by atoms with E-state index in [1.807, 2.05) is 61.2 Å². The first-order chi connectivity index (χ1) is 15.8. The highest BCUT2D eigenvalue weighted by Crippen LogP contribution is 2.33. The molecular formula is C27H31N3O3. The molecule has 1 aromatic heterocycles. The van der Waals surface area contributed by atoms with Crippen molar-refractivity contribution in [3.63, 3.8) is 0 Å². The molecule has 172 valence electrons. The molecule has 0 aliphatic carbocycles. The monoisotopic (exact) mass is 445 g/mol. The fourth-order valence-corrected chi connectivity index (χ4v) is 4.79. The standard InChI is InChI=1S/C27H31N3O3/c1-5-30-25-11-8-21(27(33)28(4)22-9-6-18(2)7-10-22)16-24(25)23(17-26(30)32)20-12-14-29(15-13-20)19(3)31/h6-11,16-17,20H,5,12-15H2,1-4H3. The van der Waals surface area contributed by atoms with Gasteiger partial charge in [-0.25, -0.2) is 0 Å². The number of hydrogen-bond donors (Lipinski definition) is 0. The molecule has 0 bridgehead atoms. The quantitative estimate of drug-likeness (QED) is 0.600. The van der Waals surface area contributed by atoms with Crippen LogP contribution < -0.4 is 10.5 Å². The summed E-state index contributed by atoms with van der Waals surface area (Å²) in [5.41, 5.74) is 4.38. The Hall–Kier alpha value is -3.41. The average molecular weight is 446 g/mol. The number of fused-ring (bicyclic) bond motifs is 1. The van der Waals surface area contributed by atoms with Crippen LogP contribution in [0, 0.1) is 6.92 Å². The zero-order chi connectivity index (χ0) is 23.7. The van der Waals surface area contributed by atoms with Crippen LogP contribution in [-0.2, 0) is 11.3 Å². The largest absolute Gasteiger partial charge is 0.343 e. The third-order valence-corrected chi connectivity index (χ3v) is 6.81. The van der Waals surface area contributed by atoms with Gasteiger partial charge in [-0.2, -0.15) is 0 Å². The number of nitrogens with zero attached hydrogens (tertiary/aromatic N) is 3. The first-order valence-electron chi connectivity index (χ1n) is 11.6. The van der Waals surface area contributed by atoms with Crippen LogP contribution in [0.5, 0.6) is 0 Å². The summed E-state index contributed by atoms with van der Waals surface area (Å²) in [5, 5.41) is 0.945. The van der Waals surface area contributed by atoms with E-state index in [1.54, 1.807) is 29.5 Å². The van der Waals surface area contributed by atoms with Gasteiger partial charge in [0, 0.05) is 56.3 Å². The molecule has 1 saturated heterocycles. The van der Waals surface area contributed by atoms with Crippen molar-refractivity contribution in [1.82, 2.24) is 9.47 Å². The number of benzene rings is 2. The molecule has 0 N–H and O–H groups in total. The maximum atomic E-state index is 13.3. The van der Waals surface area contributed by atoms with Gasteiger partial charge in [0.2, 0.25) is 5.91 Å². The summed E-state index contributed by atoms with van der Waals surface area (Å²) in [5.74, 6) is 0.182. The lowest BCUT2D eigenvalue weighted by molar-refractivity contribution is -0.129. The van der Waals surface area contributed by atoms with Gasteiger partial charge >= 0.3 is 0 Å². The first kappa shape index (κ1) is 22.8. The van der Waals surface area contributed by atoms with Gasteiger partial charge in [0.05, 0.1) is 5.52 Å². The molecule has 6 nitrogen and oxygen atoms in total. The molecular weight excluding hydrogens is 414 g/mol. The molecule has 1 fully saturated rings. The van der Waals surface area contributed by atoms with Crippen LogP contribution in [0.1, 0.15) is 54.1 Å². The predicted molar refractivity (Wildman–Crippen MR) is 132 cm³/mol. The van der Waals surface area contributed by atoms with E-state index >= 15 is 0 Å². The molecule has 6 heteroatoms. The van der Waals surface area contributed by atoms with Gasteiger partial charge < -0.3 is 14.4 Å². The maximum Gasteiger partial charge on any atom is 0.258 e. The van der Waals surface area contributed by atoms with Gasteiger partial charge in [0.1, 0.15) is 0 Å². The topological polar surface area (TPSA) is 62.6 Å². The van der Waals surface area contributed by atoms with Crippen LogP contribution in [0.2, 0.25) is 0 Å². The van der Waals surface area contributed by atoms with Gasteiger partial charge in [-0.1, -0.05) is 17.7 Å². The van der Waals surface area contributed by atoms with Crippen LogP contribution in [0.3, 0.4) is 0 Å². The Balaban J connectivity index is 1.75. The van der Waals surface area contributed by atoms with Crippen molar-refractivity contribution < 1.29 is 9.59 Å². The second kappa shape index (κ2) is 9.22. The highest BCUT2D eigenvalue weighted by atomic mass is 16.2. The number of carbonyl (C=O) groups excluding carboxylic acids is 2. The first-order valence-corrected chi connectivity index (χ1v) is 11.6. The van der Waals surface area contributed by atoms with Gasteiger partial charge in [-0.05, 0) is 68.5 Å². The molecule has 3 aromatic rings. The minimum Gasteiger partial charge on any atom is -0.343 e. The Morgan fingerprint density at radius 3 is 2.30 bits per heavy atom. The smallest absolute Gasteiger partial charge is 0.258 e. The minimum atomic E-state index is -0.0904. The van der Waals surface area contributed by atoms with Crippen molar-refractivity contribution in [2.24, 2.45) is 0 Å². The number of anilines is 1. The molecule has 0 saturated carbocycles. The van der Waals surface area contributed by atoms with E-state index in [0.29, 0.717) is 25.2 Å². The third-order valence-electron chi connectivity index (χ3n) is 6.81. The summed E-state index contributed by atoms with van der Waals surface area (Å²) < 4.78 is 1.75. The van der Waals surface area contributed by atoms with E-state index in [-0.39, 0.29) is 23.3 Å². The van der Waals surface area contributed by atoms with Crippen molar-refractivity contribution in [1.29, 1.82) is 0 Å². The zero-order valence-corrected chi connectivity index (χ0v) is 19.8. The number of piperidine rings is 1. The number of carbonyl (C=O) groups is 2. The van der Waals surface area contributed by atoms with E-state index < -0.39 is 0 Å². The molecule has 0 radical (unpaired) electrons. The molecule has 4 rings (SSSR count). The van der Waals surface area contributed by atoms with Crippen LogP contribution in [-0.4, -0.2) is 41.4 Å². The van der Waals surface area contributed by atoms with Gasteiger partial charge in [-0.15, -0.1) is 0 Å². The summed E-state index contributed by atoms with van der Waals surface area (Å²) in [6, 6.07) is 15.2. The number of pyridine rings is 1. The van der Waals surface area contributed by atoms with Crippen LogP contribution in [0.15, 0.2) is 53.3 Å². The number of rotatable bonds is 4. The van der Waals surface area contributed by atoms with E-state index in [2.05, 4.69) is 0 Å². The Kier molecular flexibility index (Phi) is 6.36. The van der Waals surface area contributed by atoms with Gasteiger partial charge in [0.25, 0.3) is 11.5 Å². The zero-order valence-electron chi connectivity index (χ0n) is 19.8. The average Bonchev–Trinajstić information content (AvgIpc) is 2.83. The molecule has 0 spiro atoms. The van der Waals surface area contributed by atoms with Crippen molar-refractivity contribution in [2.45, 2.75) is 46.1 Å². The minimum absolute atomic E-state index is 0.0233. The van der Waals surface area contributed by atoms with E-state index in [4.69, 9.17) is 0 Å². The molecule has 2 aromatic carbocycles. The van der Waals surface area contributed by atoms with Crippen molar-refractivity contribution in [2.75, 3.05) is 25.0 Å². The molecule has 2 heterocycles. The fourth-order valence-electron chi connectivity index (χ4n) is 4.79. The highest BCUT2D eigenvalue weighted by molar-refractivity contribution is 6.07. The lowest BCUT2D eigenvalue weighted by Gasteiger charge is -2.32. The van der Waals surface area contributed by atoms with Crippen molar-refractivity contribution in [3.05, 3.63) is 75.6 Å². The molecule has 33 heavy (non-hydrogen) atoms. The Bertz CT molecular complexity index is 1250. The highest BCUT2D eigenvalue weighted by Gasteiger charge is 2.25. The van der Waals surface area contributed by atoms with E-state index in [9.17, 15) is 14.4 Å². The molecule has 1 aliphatic rings. The predicted octanol–water partition coefficient (Wildman–Crippen LogP) is 4.33. The Labute approximate surface area is 194 Å². The third kappa shape index (κ3) is 4.42. The molecule has 1 aliphatic heterocycles. The van der Waals surface area contributed by atoms with Crippen molar-refractivity contribution >= 4 is 28.4 Å². The Morgan fingerprint density at radius 2 is 1.70 bits per heavy atom. The summed E-state index contributed by atoms with van der Waals surface area (Å²) >= 11 is 0. The SMILES string of the molecule is CCn1c(=O)cc(C2CCN(C(C)=O)CC2)c2cc(C(=O)N(C)c3ccc(C)cc3)ccc21. The summed E-state index contributed by atoms with van der Waals surface area (Å²) in [7, 11) is 1.78. The number of amides is 2.